The Bertz CT molecular complexity index is 171. The molecular formula is C7H15FeNO2+2. The molecule has 0 aromatic rings. The Morgan fingerprint density at radius 1 is 1.27 bits per heavy atom. The quantitative estimate of drug-likeness (QED) is 0.249. The maximum absolute atomic E-state index is 9.23. The van der Waals surface area contributed by atoms with Crippen LogP contribution in [0.5, 0.6) is 0 Å². The molecule has 0 heterocycles. The first kappa shape index (κ1) is 13.1. The molecule has 4 heteroatoms. The van der Waals surface area contributed by atoms with Gasteiger partial charge in [-0.05, 0) is 6.92 Å². The predicted molar refractivity (Wildman–Crippen MR) is 42.6 cm³/mol. The van der Waals surface area contributed by atoms with Crippen LogP contribution in [0.15, 0.2) is 11.3 Å². The van der Waals surface area contributed by atoms with E-state index in [4.69, 9.17) is 5.11 Å². The van der Waals surface area contributed by atoms with Gasteiger partial charge in [0, 0.05) is 38.1 Å². The molecule has 11 heavy (non-hydrogen) atoms. The fourth-order valence-corrected chi connectivity index (χ4v) is 0.503. The summed E-state index contributed by atoms with van der Waals surface area (Å²) in [6.45, 7) is 3.37. The number of hydrogen-bond donors (Lipinski definition) is 0. The Hall–Kier alpha value is -0.471. The smallest absolute Gasteiger partial charge is 0.428 e. The van der Waals surface area contributed by atoms with Crippen LogP contribution in [0, 0.1) is 0 Å². The van der Waals surface area contributed by atoms with Crippen LogP contribution in [-0.4, -0.2) is 34.8 Å². The van der Waals surface area contributed by atoms with Crippen molar-refractivity contribution in [1.29, 1.82) is 0 Å². The van der Waals surface area contributed by atoms with E-state index in [2.05, 4.69) is 0 Å². The second-order valence-electron chi connectivity index (χ2n) is 2.47. The van der Waals surface area contributed by atoms with Crippen LogP contribution in [0.25, 0.3) is 0 Å². The van der Waals surface area contributed by atoms with Gasteiger partial charge in [-0.15, -0.1) is 0 Å². The van der Waals surface area contributed by atoms with E-state index in [9.17, 15) is 4.79 Å². The predicted octanol–water partition coefficient (Wildman–Crippen LogP) is 0.0664. The number of allylic oxidation sites excluding steroid dienone is 1. The van der Waals surface area contributed by atoms with Gasteiger partial charge < -0.3 is 5.11 Å². The molecule has 0 aliphatic carbocycles. The van der Waals surface area contributed by atoms with Gasteiger partial charge in [0.25, 0.3) is 0 Å². The van der Waals surface area contributed by atoms with Crippen molar-refractivity contribution in [1.82, 2.24) is 4.90 Å². The van der Waals surface area contributed by atoms with Crippen molar-refractivity contribution in [3.8, 4) is 0 Å². The fraction of sp³-hybridized carbons (Fsp3) is 0.571. The van der Waals surface area contributed by atoms with Gasteiger partial charge in [0.2, 0.25) is 5.76 Å². The summed E-state index contributed by atoms with van der Waals surface area (Å²) in [4.78, 5) is 10.8. The molecule has 0 atom stereocenters. The van der Waals surface area contributed by atoms with Crippen molar-refractivity contribution in [2.24, 2.45) is 0 Å². The number of amides is 1. The van der Waals surface area contributed by atoms with E-state index in [0.717, 1.165) is 0 Å². The average molecular weight is 201 g/mol. The zero-order chi connectivity index (χ0) is 8.31. The van der Waals surface area contributed by atoms with E-state index >= 15 is 0 Å². The molecule has 3 nitrogen and oxygen atoms in total. The number of hydrogen-bond acceptors (Lipinski definition) is 0. The summed E-state index contributed by atoms with van der Waals surface area (Å²) in [5, 5.41) is 7.18. The number of nitrogens with zero attached hydrogens (tertiary/aromatic N) is 1. The molecular weight excluding hydrogens is 186 g/mol. The number of rotatable bonds is 1. The molecule has 0 spiro atoms. The SMILES string of the molecule is C/C([OH2+])=C(\C)C(=[OH+])N(C)C.[Fe]. The third-order valence-electron chi connectivity index (χ3n) is 1.32. The van der Waals surface area contributed by atoms with Gasteiger partial charge in [-0.25, -0.2) is 0 Å². The first-order chi connectivity index (χ1) is 4.46. The summed E-state index contributed by atoms with van der Waals surface area (Å²) < 4.78 is 0. The molecule has 3 N–H and O–H groups in total. The Morgan fingerprint density at radius 3 is 1.73 bits per heavy atom. The molecule has 0 rings (SSSR count). The van der Waals surface area contributed by atoms with Gasteiger partial charge in [-0.2, -0.15) is 0 Å². The summed E-state index contributed by atoms with van der Waals surface area (Å²) >= 11 is 0. The Kier molecular flexibility index (Phi) is 6.23. The maximum atomic E-state index is 9.23. The monoisotopic (exact) mass is 201 g/mol. The molecule has 0 aliphatic rings. The van der Waals surface area contributed by atoms with E-state index in [0.29, 0.717) is 11.3 Å². The molecule has 0 saturated carbocycles. The summed E-state index contributed by atoms with van der Waals surface area (Å²) in [6.07, 6.45) is 0. The normalized spacial score (nSPS) is 11.3. The molecule has 0 saturated heterocycles. The van der Waals surface area contributed by atoms with Gasteiger partial charge in [-0.3, -0.25) is 9.69 Å². The fourth-order valence-electron chi connectivity index (χ4n) is 0.503. The van der Waals surface area contributed by atoms with Crippen molar-refractivity contribution in [3.63, 3.8) is 0 Å². The summed E-state index contributed by atoms with van der Waals surface area (Å²) in [7, 11) is 3.48. The van der Waals surface area contributed by atoms with Crippen molar-refractivity contribution in [2.75, 3.05) is 14.1 Å². The minimum Gasteiger partial charge on any atom is -0.596 e. The molecule has 66 valence electrons. The first-order valence-electron chi connectivity index (χ1n) is 3.09. The van der Waals surface area contributed by atoms with Crippen LogP contribution in [0.4, 0.5) is 0 Å². The van der Waals surface area contributed by atoms with Crippen LogP contribution >= 0.6 is 0 Å². The largest absolute Gasteiger partial charge is 0.596 e. The Balaban J connectivity index is 0. The van der Waals surface area contributed by atoms with Crippen LogP contribution < -0.4 is 0 Å². The third kappa shape index (κ3) is 4.06. The maximum Gasteiger partial charge on any atom is 0.428 e. The zero-order valence-corrected chi connectivity index (χ0v) is 8.35. The van der Waals surface area contributed by atoms with Gasteiger partial charge >= 0.3 is 5.91 Å². The van der Waals surface area contributed by atoms with E-state index in [1.54, 1.807) is 32.8 Å². The molecule has 0 bridgehead atoms. The van der Waals surface area contributed by atoms with Gasteiger partial charge in [0.15, 0.2) is 5.57 Å². The molecule has 0 aromatic heterocycles. The van der Waals surface area contributed by atoms with Gasteiger partial charge in [-0.1, -0.05) is 0 Å². The van der Waals surface area contributed by atoms with Crippen LogP contribution in [-0.2, 0) is 17.1 Å². The van der Waals surface area contributed by atoms with Gasteiger partial charge in [0.1, 0.15) is 0 Å². The van der Waals surface area contributed by atoms with E-state index in [-0.39, 0.29) is 23.0 Å². The minimum atomic E-state index is 0. The number of carbonyl (C=O) groups excluding carboxylic acids is 1. The molecule has 0 radical (unpaired) electrons. The van der Waals surface area contributed by atoms with Gasteiger partial charge in [0.05, 0.1) is 0 Å². The number of likely N-dealkylation sites (N-methyl/N-ethyl adjacent to an activating group) is 1. The second kappa shape index (κ2) is 5.22. The topological polar surface area (TPSA) is 47.5 Å². The van der Waals surface area contributed by atoms with Crippen LogP contribution in [0.2, 0.25) is 0 Å². The van der Waals surface area contributed by atoms with Crippen LogP contribution in [0.3, 0.4) is 0 Å². The second-order valence-corrected chi connectivity index (χ2v) is 2.47. The summed E-state index contributed by atoms with van der Waals surface area (Å²) in [6, 6.07) is 0. The van der Waals surface area contributed by atoms with E-state index in [1.165, 1.54) is 0 Å². The molecule has 0 fully saturated rings. The van der Waals surface area contributed by atoms with Crippen molar-refractivity contribution >= 4 is 5.91 Å². The molecule has 0 aliphatic heterocycles. The first-order valence-corrected chi connectivity index (χ1v) is 3.09. The molecule has 0 aromatic carbocycles. The Morgan fingerprint density at radius 2 is 1.64 bits per heavy atom. The minimum absolute atomic E-state index is 0. The van der Waals surface area contributed by atoms with E-state index in [1.807, 2.05) is 0 Å². The van der Waals surface area contributed by atoms with Crippen molar-refractivity contribution < 1.29 is 27.0 Å². The standard InChI is InChI=1S/C7H13NO2.Fe/c1-5(6(2)9)7(10)8(3)4;/h9H,1-4H3;/p+2/b6-5-;. The van der Waals surface area contributed by atoms with E-state index < -0.39 is 0 Å². The summed E-state index contributed by atoms with van der Waals surface area (Å²) in [5.74, 6) is 0.554. The molecule has 0 unspecified atom stereocenters. The van der Waals surface area contributed by atoms with Crippen molar-refractivity contribution in [2.45, 2.75) is 13.8 Å². The van der Waals surface area contributed by atoms with Crippen molar-refractivity contribution in [3.05, 3.63) is 11.3 Å². The summed E-state index contributed by atoms with van der Waals surface area (Å²) in [5.41, 5.74) is 0.616. The third-order valence-corrected chi connectivity index (χ3v) is 1.32. The average Bonchev–Trinajstić information content (AvgIpc) is 1.84. The zero-order valence-electron chi connectivity index (χ0n) is 7.25. The molecule has 1 amide bonds. The van der Waals surface area contributed by atoms with Crippen LogP contribution in [0.1, 0.15) is 13.8 Å². The Labute approximate surface area is 77.6 Å².